The van der Waals surface area contributed by atoms with Crippen LogP contribution in [0.5, 0.6) is 0 Å². The van der Waals surface area contributed by atoms with Crippen LogP contribution in [0.1, 0.15) is 52.4 Å². The zero-order valence-electron chi connectivity index (χ0n) is 11.8. The third kappa shape index (κ3) is 2.94. The van der Waals surface area contributed by atoms with Gasteiger partial charge < -0.3 is 5.11 Å². The number of ketones is 1. The average Bonchev–Trinajstić information content (AvgIpc) is 2.38. The minimum absolute atomic E-state index is 0.178. The summed E-state index contributed by atoms with van der Waals surface area (Å²) in [5, 5.41) is 10.6. The Balaban J connectivity index is 1.89. The molecule has 1 heterocycles. The smallest absolute Gasteiger partial charge is 0.149 e. The van der Waals surface area contributed by atoms with Crippen LogP contribution in [0, 0.1) is 11.8 Å². The van der Waals surface area contributed by atoms with E-state index in [9.17, 15) is 9.90 Å². The van der Waals surface area contributed by atoms with Crippen molar-refractivity contribution in [2.24, 2.45) is 11.8 Å². The van der Waals surface area contributed by atoms with Gasteiger partial charge in [0.05, 0.1) is 12.1 Å². The summed E-state index contributed by atoms with van der Waals surface area (Å²) in [4.78, 5) is 14.2. The maximum absolute atomic E-state index is 12.0. The maximum Gasteiger partial charge on any atom is 0.149 e. The van der Waals surface area contributed by atoms with Crippen LogP contribution in [-0.2, 0) is 4.79 Å². The Morgan fingerprint density at radius 3 is 2.94 bits per heavy atom. The summed E-state index contributed by atoms with van der Waals surface area (Å²) in [6, 6.07) is 0. The van der Waals surface area contributed by atoms with E-state index in [1.54, 1.807) is 0 Å². The fourth-order valence-corrected chi connectivity index (χ4v) is 3.39. The molecule has 18 heavy (non-hydrogen) atoms. The summed E-state index contributed by atoms with van der Waals surface area (Å²) in [5.74, 6) is 0.931. The van der Waals surface area contributed by atoms with Crippen molar-refractivity contribution in [3.63, 3.8) is 0 Å². The molecular formula is C15H27NO2. The summed E-state index contributed by atoms with van der Waals surface area (Å²) >= 11 is 0. The van der Waals surface area contributed by atoms with Crippen molar-refractivity contribution < 1.29 is 9.90 Å². The van der Waals surface area contributed by atoms with Gasteiger partial charge in [0.1, 0.15) is 5.78 Å². The molecule has 3 nitrogen and oxygen atoms in total. The van der Waals surface area contributed by atoms with Gasteiger partial charge in [0, 0.05) is 24.9 Å². The number of aliphatic hydroxyl groups is 1. The first-order chi connectivity index (χ1) is 8.55. The Kier molecular flexibility index (Phi) is 4.44. The maximum atomic E-state index is 12.0. The molecule has 0 bridgehead atoms. The van der Waals surface area contributed by atoms with Crippen LogP contribution in [0.15, 0.2) is 0 Å². The first-order valence-electron chi connectivity index (χ1n) is 7.52. The van der Waals surface area contributed by atoms with Gasteiger partial charge in [0.2, 0.25) is 0 Å². The van der Waals surface area contributed by atoms with Crippen molar-refractivity contribution in [3.8, 4) is 0 Å². The lowest BCUT2D eigenvalue weighted by Crippen LogP contribution is -2.54. The molecule has 0 aromatic carbocycles. The summed E-state index contributed by atoms with van der Waals surface area (Å²) < 4.78 is 0. The number of carbonyl (C=O) groups excluding carboxylic acids is 1. The van der Waals surface area contributed by atoms with E-state index in [4.69, 9.17) is 0 Å². The van der Waals surface area contributed by atoms with E-state index in [0.717, 1.165) is 38.8 Å². The zero-order chi connectivity index (χ0) is 13.2. The third-order valence-corrected chi connectivity index (χ3v) is 5.05. The van der Waals surface area contributed by atoms with Crippen molar-refractivity contribution in [2.75, 3.05) is 19.6 Å². The van der Waals surface area contributed by atoms with Gasteiger partial charge in [-0.3, -0.25) is 9.69 Å². The lowest BCUT2D eigenvalue weighted by Gasteiger charge is -2.47. The summed E-state index contributed by atoms with van der Waals surface area (Å²) in [5.41, 5.74) is -0.422. The van der Waals surface area contributed by atoms with E-state index >= 15 is 0 Å². The average molecular weight is 253 g/mol. The van der Waals surface area contributed by atoms with Crippen molar-refractivity contribution in [1.82, 2.24) is 4.90 Å². The standard InChI is InChI=1S/C15H27NO2/c1-3-12(2)14(17)11-16-9-8-15(18)7-5-4-6-13(15)10-16/h12-13,18H,3-11H2,1-2H3. The van der Waals surface area contributed by atoms with Gasteiger partial charge in [-0.15, -0.1) is 0 Å². The van der Waals surface area contributed by atoms with Crippen LogP contribution in [0.4, 0.5) is 0 Å². The molecule has 3 atom stereocenters. The Hall–Kier alpha value is -0.410. The molecule has 3 heteroatoms. The molecule has 0 aromatic heterocycles. The molecule has 0 spiro atoms. The highest BCUT2D eigenvalue weighted by molar-refractivity contribution is 5.82. The fraction of sp³-hybridized carbons (Fsp3) is 0.933. The van der Waals surface area contributed by atoms with Crippen LogP contribution < -0.4 is 0 Å². The molecule has 1 aliphatic heterocycles. The number of likely N-dealkylation sites (tertiary alicyclic amines) is 1. The normalized spacial score (nSPS) is 34.9. The molecule has 1 saturated carbocycles. The van der Waals surface area contributed by atoms with Crippen LogP contribution in [-0.4, -0.2) is 41.0 Å². The Morgan fingerprint density at radius 1 is 1.44 bits per heavy atom. The second-order valence-electron chi connectivity index (χ2n) is 6.31. The van der Waals surface area contributed by atoms with Gasteiger partial charge in [-0.25, -0.2) is 0 Å². The van der Waals surface area contributed by atoms with Gasteiger partial charge in [-0.05, 0) is 25.7 Å². The molecule has 3 unspecified atom stereocenters. The predicted octanol–water partition coefficient (Wildman–Crippen LogP) is 2.23. The van der Waals surface area contributed by atoms with Gasteiger partial charge in [0.15, 0.2) is 0 Å². The number of piperidine rings is 1. The van der Waals surface area contributed by atoms with Crippen molar-refractivity contribution >= 4 is 5.78 Å². The summed E-state index contributed by atoms with van der Waals surface area (Å²) in [6.07, 6.45) is 6.28. The summed E-state index contributed by atoms with van der Waals surface area (Å²) in [7, 11) is 0. The van der Waals surface area contributed by atoms with E-state index in [2.05, 4.69) is 11.8 Å². The van der Waals surface area contributed by atoms with Crippen LogP contribution in [0.2, 0.25) is 0 Å². The van der Waals surface area contributed by atoms with Gasteiger partial charge in [-0.2, -0.15) is 0 Å². The molecule has 104 valence electrons. The number of hydrogen-bond acceptors (Lipinski definition) is 3. The van der Waals surface area contributed by atoms with Gasteiger partial charge >= 0.3 is 0 Å². The summed E-state index contributed by atoms with van der Waals surface area (Å²) in [6.45, 7) is 6.47. The Labute approximate surface area is 111 Å². The van der Waals surface area contributed by atoms with E-state index in [1.165, 1.54) is 12.8 Å². The predicted molar refractivity (Wildman–Crippen MR) is 72.4 cm³/mol. The first kappa shape index (κ1) is 14.0. The van der Waals surface area contributed by atoms with E-state index < -0.39 is 5.60 Å². The lowest BCUT2D eigenvalue weighted by molar-refractivity contribution is -0.128. The Bertz CT molecular complexity index is 305. The Morgan fingerprint density at radius 2 is 2.22 bits per heavy atom. The quantitative estimate of drug-likeness (QED) is 0.835. The molecular weight excluding hydrogens is 226 g/mol. The van der Waals surface area contributed by atoms with E-state index in [1.807, 2.05) is 6.92 Å². The van der Waals surface area contributed by atoms with E-state index in [-0.39, 0.29) is 5.92 Å². The molecule has 0 aromatic rings. The highest BCUT2D eigenvalue weighted by atomic mass is 16.3. The number of rotatable bonds is 4. The van der Waals surface area contributed by atoms with Crippen LogP contribution in [0.25, 0.3) is 0 Å². The number of carbonyl (C=O) groups is 1. The highest BCUT2D eigenvalue weighted by Gasteiger charge is 2.42. The molecule has 2 fully saturated rings. The minimum Gasteiger partial charge on any atom is -0.390 e. The molecule has 2 rings (SSSR count). The monoisotopic (exact) mass is 253 g/mol. The largest absolute Gasteiger partial charge is 0.390 e. The highest BCUT2D eigenvalue weighted by Crippen LogP contribution is 2.39. The first-order valence-corrected chi connectivity index (χ1v) is 7.52. The second kappa shape index (κ2) is 5.70. The minimum atomic E-state index is -0.422. The SMILES string of the molecule is CCC(C)C(=O)CN1CCC2(O)CCCCC2C1. The topological polar surface area (TPSA) is 40.5 Å². The number of nitrogens with zero attached hydrogens (tertiary/aromatic N) is 1. The zero-order valence-corrected chi connectivity index (χ0v) is 11.8. The molecule has 0 radical (unpaired) electrons. The van der Waals surface area contributed by atoms with Crippen LogP contribution in [0.3, 0.4) is 0 Å². The number of fused-ring (bicyclic) bond motifs is 1. The molecule has 0 amide bonds. The third-order valence-electron chi connectivity index (χ3n) is 5.05. The molecule has 1 aliphatic carbocycles. The van der Waals surface area contributed by atoms with Crippen molar-refractivity contribution in [3.05, 3.63) is 0 Å². The number of Topliss-reactive ketones (excluding diaryl/α,β-unsaturated/α-hetero) is 1. The molecule has 1 N–H and O–H groups in total. The lowest BCUT2D eigenvalue weighted by atomic mass is 9.71. The van der Waals surface area contributed by atoms with E-state index in [0.29, 0.717) is 18.2 Å². The van der Waals surface area contributed by atoms with Crippen molar-refractivity contribution in [2.45, 2.75) is 58.0 Å². The van der Waals surface area contributed by atoms with Gasteiger partial charge in [0.25, 0.3) is 0 Å². The van der Waals surface area contributed by atoms with Gasteiger partial charge in [-0.1, -0.05) is 26.7 Å². The van der Waals surface area contributed by atoms with Crippen molar-refractivity contribution in [1.29, 1.82) is 0 Å². The molecule has 1 saturated heterocycles. The second-order valence-corrected chi connectivity index (χ2v) is 6.31. The molecule has 2 aliphatic rings. The fourth-order valence-electron chi connectivity index (χ4n) is 3.39. The number of hydrogen-bond donors (Lipinski definition) is 1. The van der Waals surface area contributed by atoms with Crippen LogP contribution >= 0.6 is 0 Å².